The van der Waals surface area contributed by atoms with Gasteiger partial charge in [-0.1, -0.05) is 54.2 Å². The number of nitrogens with zero attached hydrogens (tertiary/aromatic N) is 1. The zero-order valence-electron chi connectivity index (χ0n) is 15.5. The first-order valence-corrected chi connectivity index (χ1v) is 10.2. The molecule has 1 aromatic carbocycles. The fourth-order valence-corrected chi connectivity index (χ4v) is 3.19. The molecule has 0 saturated carbocycles. The highest BCUT2D eigenvalue weighted by Crippen LogP contribution is 2.29. The summed E-state index contributed by atoms with van der Waals surface area (Å²) in [6.07, 6.45) is 6.46. The molecule has 0 aliphatic carbocycles. The number of halogens is 2. The average Bonchev–Trinajstić information content (AvgIpc) is 2.69. The van der Waals surface area contributed by atoms with E-state index in [4.69, 9.17) is 27.9 Å². The van der Waals surface area contributed by atoms with Gasteiger partial charge in [-0.3, -0.25) is 4.98 Å². The maximum absolute atomic E-state index is 10.2. The molecule has 1 atom stereocenters. The van der Waals surface area contributed by atoms with Crippen molar-refractivity contribution in [3.63, 3.8) is 0 Å². The molecule has 0 amide bonds. The number of aliphatic hydroxyl groups excluding tert-OH is 1. The van der Waals surface area contributed by atoms with Crippen LogP contribution in [0.4, 0.5) is 0 Å². The van der Waals surface area contributed by atoms with E-state index in [-0.39, 0.29) is 0 Å². The molecule has 1 unspecified atom stereocenters. The van der Waals surface area contributed by atoms with Crippen molar-refractivity contribution in [2.24, 2.45) is 0 Å². The zero-order chi connectivity index (χ0) is 19.3. The van der Waals surface area contributed by atoms with Crippen LogP contribution in [0.3, 0.4) is 0 Å². The van der Waals surface area contributed by atoms with Gasteiger partial charge < -0.3 is 15.2 Å². The Morgan fingerprint density at radius 2 is 1.85 bits per heavy atom. The first-order chi connectivity index (χ1) is 13.2. The quantitative estimate of drug-likeness (QED) is 0.464. The second kappa shape index (κ2) is 13.1. The Kier molecular flexibility index (Phi) is 10.7. The topological polar surface area (TPSA) is 54.4 Å². The minimum Gasteiger partial charge on any atom is -0.387 e. The third-order valence-corrected chi connectivity index (χ3v) is 5.13. The number of hydrogen-bond acceptors (Lipinski definition) is 4. The molecule has 6 heteroatoms. The Morgan fingerprint density at radius 3 is 2.67 bits per heavy atom. The monoisotopic (exact) mass is 410 g/mol. The summed E-state index contributed by atoms with van der Waals surface area (Å²) in [5.41, 5.74) is 1.74. The number of nitrogens with one attached hydrogen (secondary N) is 1. The lowest BCUT2D eigenvalue weighted by molar-refractivity contribution is 0.132. The van der Waals surface area contributed by atoms with Gasteiger partial charge in [0.2, 0.25) is 0 Å². The van der Waals surface area contributed by atoms with Gasteiger partial charge in [0.1, 0.15) is 0 Å². The van der Waals surface area contributed by atoms with E-state index in [0.717, 1.165) is 57.6 Å². The maximum Gasteiger partial charge on any atom is 0.0929 e. The van der Waals surface area contributed by atoms with Crippen LogP contribution in [0, 0.1) is 0 Å². The normalized spacial score (nSPS) is 12.3. The zero-order valence-corrected chi connectivity index (χ0v) is 17.1. The number of rotatable bonds is 13. The summed E-state index contributed by atoms with van der Waals surface area (Å²) in [6, 6.07) is 11.3. The molecule has 2 rings (SSSR count). The van der Waals surface area contributed by atoms with Crippen molar-refractivity contribution in [2.75, 3.05) is 26.3 Å². The Hall–Kier alpha value is -1.17. The van der Waals surface area contributed by atoms with Crippen molar-refractivity contribution in [2.45, 2.75) is 38.2 Å². The van der Waals surface area contributed by atoms with Gasteiger partial charge in [-0.05, 0) is 37.6 Å². The Labute approximate surface area is 171 Å². The summed E-state index contributed by atoms with van der Waals surface area (Å²) in [6.45, 7) is 2.86. The molecule has 0 saturated heterocycles. The first kappa shape index (κ1) is 22.1. The molecule has 2 N–H and O–H groups in total. The fraction of sp³-hybridized carbons (Fsp3) is 0.476. The molecule has 0 bridgehead atoms. The minimum atomic E-state index is -0.649. The molecule has 0 radical (unpaired) electrons. The van der Waals surface area contributed by atoms with E-state index >= 15 is 0 Å². The number of unbranched alkanes of at least 4 members (excludes halogenated alkanes) is 3. The molecule has 2 aromatic rings. The van der Waals surface area contributed by atoms with Crippen LogP contribution in [-0.2, 0) is 11.2 Å². The van der Waals surface area contributed by atoms with E-state index in [2.05, 4.69) is 10.3 Å². The van der Waals surface area contributed by atoms with Crippen LogP contribution < -0.4 is 5.32 Å². The van der Waals surface area contributed by atoms with Crippen LogP contribution in [0.25, 0.3) is 0 Å². The molecule has 4 nitrogen and oxygen atoms in total. The minimum absolute atomic E-state index is 0.427. The van der Waals surface area contributed by atoms with E-state index in [9.17, 15) is 5.11 Å². The molecule has 0 aliphatic rings. The summed E-state index contributed by atoms with van der Waals surface area (Å²) in [5.74, 6) is 0. The van der Waals surface area contributed by atoms with Crippen molar-refractivity contribution in [3.8, 4) is 0 Å². The first-order valence-electron chi connectivity index (χ1n) is 9.49. The highest BCUT2D eigenvalue weighted by Gasteiger charge is 2.12. The van der Waals surface area contributed by atoms with E-state index in [1.54, 1.807) is 18.2 Å². The Morgan fingerprint density at radius 1 is 1.00 bits per heavy atom. The second-order valence-electron chi connectivity index (χ2n) is 6.46. The molecular formula is C21H28Cl2N2O2. The highest BCUT2D eigenvalue weighted by atomic mass is 35.5. The van der Waals surface area contributed by atoms with Crippen molar-refractivity contribution >= 4 is 23.2 Å². The molecule has 27 heavy (non-hydrogen) atoms. The van der Waals surface area contributed by atoms with Crippen LogP contribution in [0.2, 0.25) is 10.0 Å². The van der Waals surface area contributed by atoms with Gasteiger partial charge >= 0.3 is 0 Å². The lowest BCUT2D eigenvalue weighted by Crippen LogP contribution is -2.22. The summed E-state index contributed by atoms with van der Waals surface area (Å²) >= 11 is 12.1. The highest BCUT2D eigenvalue weighted by molar-refractivity contribution is 6.42. The molecule has 148 valence electrons. The molecule has 0 aliphatic heterocycles. The van der Waals surface area contributed by atoms with Gasteiger partial charge in [-0.15, -0.1) is 0 Å². The lowest BCUT2D eigenvalue weighted by Gasteiger charge is -2.14. The summed E-state index contributed by atoms with van der Waals surface area (Å²) in [5, 5.41) is 14.4. The summed E-state index contributed by atoms with van der Waals surface area (Å²) in [7, 11) is 0. The second-order valence-corrected chi connectivity index (χ2v) is 7.25. The van der Waals surface area contributed by atoms with Gasteiger partial charge in [0.15, 0.2) is 0 Å². The van der Waals surface area contributed by atoms with E-state index in [0.29, 0.717) is 22.2 Å². The Bertz CT molecular complexity index is 656. The van der Waals surface area contributed by atoms with Gasteiger partial charge in [-0.25, -0.2) is 0 Å². The predicted octanol–water partition coefficient (Wildman–Crippen LogP) is 4.83. The van der Waals surface area contributed by atoms with Crippen molar-refractivity contribution < 1.29 is 9.84 Å². The van der Waals surface area contributed by atoms with E-state index in [1.165, 1.54) is 0 Å². The molecule has 1 heterocycles. The van der Waals surface area contributed by atoms with Crippen LogP contribution in [0.1, 0.15) is 43.0 Å². The predicted molar refractivity (Wildman–Crippen MR) is 112 cm³/mol. The van der Waals surface area contributed by atoms with Gasteiger partial charge in [-0.2, -0.15) is 0 Å². The molecule has 0 fully saturated rings. The number of aromatic nitrogens is 1. The third-order valence-electron chi connectivity index (χ3n) is 4.30. The molecule has 0 spiro atoms. The maximum atomic E-state index is 10.2. The van der Waals surface area contributed by atoms with Crippen LogP contribution in [0.15, 0.2) is 42.6 Å². The van der Waals surface area contributed by atoms with E-state index < -0.39 is 6.10 Å². The van der Waals surface area contributed by atoms with Crippen LogP contribution in [-0.4, -0.2) is 36.4 Å². The number of aliphatic hydroxyl groups is 1. The number of ether oxygens (including phenoxy) is 1. The largest absolute Gasteiger partial charge is 0.387 e. The lowest BCUT2D eigenvalue weighted by atomic mass is 10.1. The van der Waals surface area contributed by atoms with Crippen molar-refractivity contribution in [1.29, 1.82) is 0 Å². The SMILES string of the molecule is OC(CNCCCCCCOCCc1ccccn1)c1cccc(Cl)c1Cl. The molecule has 1 aromatic heterocycles. The number of benzene rings is 1. The van der Waals surface area contributed by atoms with Gasteiger partial charge in [0.05, 0.1) is 22.8 Å². The number of hydrogen-bond donors (Lipinski definition) is 2. The van der Waals surface area contributed by atoms with Gasteiger partial charge in [0.25, 0.3) is 0 Å². The Balaban J connectivity index is 1.43. The van der Waals surface area contributed by atoms with Gasteiger partial charge in [0, 0.05) is 37.0 Å². The van der Waals surface area contributed by atoms with E-state index in [1.807, 2.05) is 24.4 Å². The standard InChI is InChI=1S/C21H28Cl2N2O2/c22-19-10-7-9-18(21(19)23)20(26)16-24-12-4-1-2-6-14-27-15-11-17-8-3-5-13-25-17/h3,5,7-10,13,20,24,26H,1-2,4,6,11-12,14-16H2. The van der Waals surface area contributed by atoms with Crippen molar-refractivity contribution in [3.05, 3.63) is 63.9 Å². The van der Waals surface area contributed by atoms with Crippen molar-refractivity contribution in [1.82, 2.24) is 10.3 Å². The third kappa shape index (κ3) is 8.58. The smallest absolute Gasteiger partial charge is 0.0929 e. The molecular weight excluding hydrogens is 383 g/mol. The fourth-order valence-electron chi connectivity index (χ4n) is 2.76. The average molecular weight is 411 g/mol. The number of pyridine rings is 1. The van der Waals surface area contributed by atoms with Crippen LogP contribution in [0.5, 0.6) is 0 Å². The summed E-state index contributed by atoms with van der Waals surface area (Å²) in [4.78, 5) is 4.28. The van der Waals surface area contributed by atoms with Crippen LogP contribution >= 0.6 is 23.2 Å². The summed E-state index contributed by atoms with van der Waals surface area (Å²) < 4.78 is 5.65.